The van der Waals surface area contributed by atoms with Crippen LogP contribution in [0.2, 0.25) is 0 Å². The van der Waals surface area contributed by atoms with Gasteiger partial charge in [-0.1, -0.05) is 0 Å². The van der Waals surface area contributed by atoms with Crippen molar-refractivity contribution in [2.75, 3.05) is 6.61 Å². The Labute approximate surface area is 56.3 Å². The summed E-state index contributed by atoms with van der Waals surface area (Å²) >= 11 is 0. The molecule has 7 heavy (non-hydrogen) atoms. The second-order valence-corrected chi connectivity index (χ2v) is 1.03. The third-order valence-electron chi connectivity index (χ3n) is 0.479. The maximum absolute atomic E-state index is 8.10. The summed E-state index contributed by atoms with van der Waals surface area (Å²) in [7, 11) is 0. The molecule has 1 nitrogen and oxygen atoms in total. The zero-order valence-electron chi connectivity index (χ0n) is 3.65. The van der Waals surface area contributed by atoms with E-state index >= 15 is 0 Å². The van der Waals surface area contributed by atoms with Crippen molar-refractivity contribution in [3.63, 3.8) is 0 Å². The molecule has 0 unspecified atom stereocenters. The Morgan fingerprint density at radius 2 is 2.14 bits per heavy atom. The van der Waals surface area contributed by atoms with Crippen LogP contribution in [0.5, 0.6) is 0 Å². The number of hydrogen-bond acceptors (Lipinski definition) is 1. The second kappa shape index (κ2) is 9.45. The zero-order chi connectivity index (χ0) is 4.83. The molecule has 0 heterocycles. The summed E-state index contributed by atoms with van der Waals surface area (Å²) in [5.74, 6) is 2.41. The molecule has 0 aromatic heterocycles. The summed E-state index contributed by atoms with van der Waals surface area (Å²) in [6, 6.07) is 0. The van der Waals surface area contributed by atoms with Gasteiger partial charge < -0.3 is 5.11 Å². The first-order valence-electron chi connectivity index (χ1n) is 1.96. The predicted octanol–water partition coefficient (Wildman–Crippen LogP) is -0.256. The van der Waals surface area contributed by atoms with Gasteiger partial charge in [-0.3, -0.25) is 0 Å². The molecule has 0 fully saturated rings. The predicted molar refractivity (Wildman–Crippen MR) is 32.3 cm³/mol. The van der Waals surface area contributed by atoms with Crippen LogP contribution < -0.4 is 0 Å². The van der Waals surface area contributed by atoms with E-state index in [2.05, 4.69) is 5.92 Å². The van der Waals surface area contributed by atoms with Crippen molar-refractivity contribution in [2.24, 2.45) is 0 Å². The molecule has 0 spiro atoms. The van der Waals surface area contributed by atoms with Crippen LogP contribution in [0.4, 0.5) is 0 Å². The van der Waals surface area contributed by atoms with Crippen LogP contribution in [0, 0.1) is 12.3 Å². The van der Waals surface area contributed by atoms with Crippen molar-refractivity contribution < 1.29 is 5.11 Å². The fourth-order valence-electron chi connectivity index (χ4n) is 0.181. The van der Waals surface area contributed by atoms with Crippen LogP contribution in [-0.2, 0) is 0 Å². The number of unbranched alkanes of at least 4 members (excludes halogenated alkanes) is 1. The molecule has 0 radical (unpaired) electrons. The quantitative estimate of drug-likeness (QED) is 0.283. The van der Waals surface area contributed by atoms with Gasteiger partial charge >= 0.3 is 18.9 Å². The monoisotopic (exact) mass is 92.1 g/mol. The van der Waals surface area contributed by atoms with Crippen LogP contribution >= 0.6 is 0 Å². The van der Waals surface area contributed by atoms with Crippen LogP contribution in [0.25, 0.3) is 0 Å². The molecule has 0 aliphatic carbocycles. The van der Waals surface area contributed by atoms with E-state index in [0.29, 0.717) is 6.42 Å². The maximum atomic E-state index is 8.10. The molecule has 0 aliphatic rings. The molecule has 0 rings (SSSR count). The number of aliphatic hydroxyl groups is 1. The van der Waals surface area contributed by atoms with Crippen LogP contribution in [0.3, 0.4) is 0 Å². The zero-order valence-corrected chi connectivity index (χ0v) is 3.65. The van der Waals surface area contributed by atoms with Crippen LogP contribution in [-0.4, -0.2) is 30.6 Å². The van der Waals surface area contributed by atoms with E-state index in [-0.39, 0.29) is 25.5 Å². The standard InChI is InChI=1S/C5H8O.Li.H/c1-2-3-4-5-6;;/h1,6H,3-5H2;;. The van der Waals surface area contributed by atoms with E-state index < -0.39 is 0 Å². The van der Waals surface area contributed by atoms with Crippen molar-refractivity contribution >= 4 is 18.9 Å². The fourth-order valence-corrected chi connectivity index (χ4v) is 0.181. The summed E-state index contributed by atoms with van der Waals surface area (Å²) < 4.78 is 0. The molecular formula is C5H9LiO. The molecule has 0 saturated carbocycles. The Hall–Kier alpha value is 0.117. The van der Waals surface area contributed by atoms with E-state index in [0.717, 1.165) is 6.42 Å². The van der Waals surface area contributed by atoms with Crippen molar-refractivity contribution in [1.29, 1.82) is 0 Å². The fraction of sp³-hybridized carbons (Fsp3) is 0.600. The number of aliphatic hydroxyl groups excluding tert-OH is 1. The Morgan fingerprint density at radius 3 is 2.29 bits per heavy atom. The van der Waals surface area contributed by atoms with Crippen molar-refractivity contribution in [3.8, 4) is 12.3 Å². The van der Waals surface area contributed by atoms with E-state index in [9.17, 15) is 0 Å². The molecule has 1 N–H and O–H groups in total. The van der Waals surface area contributed by atoms with Gasteiger partial charge in [0.05, 0.1) is 0 Å². The summed E-state index contributed by atoms with van der Waals surface area (Å²) in [6.07, 6.45) is 6.28. The molecule has 0 amide bonds. The van der Waals surface area contributed by atoms with Crippen LogP contribution in [0.1, 0.15) is 12.8 Å². The molecule has 0 saturated heterocycles. The minimum absolute atomic E-state index is 0. The van der Waals surface area contributed by atoms with Gasteiger partial charge in [0, 0.05) is 13.0 Å². The summed E-state index contributed by atoms with van der Waals surface area (Å²) in [4.78, 5) is 0. The van der Waals surface area contributed by atoms with Gasteiger partial charge in [-0.2, -0.15) is 0 Å². The van der Waals surface area contributed by atoms with Crippen molar-refractivity contribution in [3.05, 3.63) is 0 Å². The van der Waals surface area contributed by atoms with Gasteiger partial charge in [-0.05, 0) is 6.42 Å². The summed E-state index contributed by atoms with van der Waals surface area (Å²) in [5.41, 5.74) is 0. The molecular weight excluding hydrogens is 83.0 g/mol. The number of hydrogen-bond donors (Lipinski definition) is 1. The topological polar surface area (TPSA) is 20.2 Å². The van der Waals surface area contributed by atoms with Crippen LogP contribution in [0.15, 0.2) is 0 Å². The summed E-state index contributed by atoms with van der Waals surface area (Å²) in [5, 5.41) is 8.10. The Balaban J connectivity index is 0. The van der Waals surface area contributed by atoms with Crippen molar-refractivity contribution in [2.45, 2.75) is 12.8 Å². The third-order valence-corrected chi connectivity index (χ3v) is 0.479. The summed E-state index contributed by atoms with van der Waals surface area (Å²) in [6.45, 7) is 0.212. The van der Waals surface area contributed by atoms with E-state index in [1.165, 1.54) is 0 Å². The first kappa shape index (κ1) is 10.2. The van der Waals surface area contributed by atoms with Crippen molar-refractivity contribution in [1.82, 2.24) is 0 Å². The van der Waals surface area contributed by atoms with E-state index in [1.807, 2.05) is 0 Å². The molecule has 0 aromatic rings. The van der Waals surface area contributed by atoms with E-state index in [4.69, 9.17) is 11.5 Å². The first-order valence-corrected chi connectivity index (χ1v) is 1.96. The normalized spacial score (nSPS) is 6.29. The van der Waals surface area contributed by atoms with E-state index in [1.54, 1.807) is 0 Å². The number of rotatable bonds is 2. The van der Waals surface area contributed by atoms with Gasteiger partial charge in [0.1, 0.15) is 0 Å². The minimum atomic E-state index is 0. The Morgan fingerprint density at radius 1 is 1.57 bits per heavy atom. The van der Waals surface area contributed by atoms with Gasteiger partial charge in [0.25, 0.3) is 0 Å². The second-order valence-electron chi connectivity index (χ2n) is 1.03. The molecule has 2 heteroatoms. The molecule has 0 aromatic carbocycles. The molecule has 36 valence electrons. The van der Waals surface area contributed by atoms with Gasteiger partial charge in [0.2, 0.25) is 0 Å². The third kappa shape index (κ3) is 10.7. The Kier molecular flexibility index (Phi) is 13.7. The molecule has 0 bridgehead atoms. The Bertz CT molecular complexity index is 55.6. The number of terminal acetylenes is 1. The van der Waals surface area contributed by atoms with Gasteiger partial charge in [0.15, 0.2) is 0 Å². The average molecular weight is 92.1 g/mol. The molecule has 0 aliphatic heterocycles. The molecule has 0 atom stereocenters. The first-order chi connectivity index (χ1) is 2.91. The van der Waals surface area contributed by atoms with Gasteiger partial charge in [-0.25, -0.2) is 0 Å². The SMILES string of the molecule is C#CCCCO.[LiH]. The van der Waals surface area contributed by atoms with Gasteiger partial charge in [-0.15, -0.1) is 12.3 Å². The average Bonchev–Trinajstić information content (AvgIpc) is 1.61.